The molecule has 166 valence electrons. The van der Waals surface area contributed by atoms with Crippen LogP contribution >= 0.6 is 0 Å². The van der Waals surface area contributed by atoms with E-state index in [0.29, 0.717) is 0 Å². The average Bonchev–Trinajstić information content (AvgIpc) is 2.77. The maximum absolute atomic E-state index is 10.2. The van der Waals surface area contributed by atoms with Gasteiger partial charge < -0.3 is 10.4 Å². The molecule has 0 aromatic heterocycles. The fraction of sp³-hybridized carbons (Fsp3) is 0.571. The molecule has 0 amide bonds. The minimum atomic E-state index is -0.0894. The van der Waals surface area contributed by atoms with Crippen LogP contribution in [0.1, 0.15) is 96.0 Å². The van der Waals surface area contributed by atoms with E-state index in [1.165, 1.54) is 69.8 Å². The minimum absolute atomic E-state index is 0.0894. The highest BCUT2D eigenvalue weighted by Crippen LogP contribution is 2.18. The first-order valence-electron chi connectivity index (χ1n) is 12.4. The largest absolute Gasteiger partial charge is 0.393 e. The van der Waals surface area contributed by atoms with Gasteiger partial charge in [-0.05, 0) is 55.5 Å². The number of benzene rings is 2. The Labute approximate surface area is 185 Å². The van der Waals surface area contributed by atoms with E-state index in [-0.39, 0.29) is 6.10 Å². The van der Waals surface area contributed by atoms with Crippen LogP contribution in [0.3, 0.4) is 0 Å². The molecule has 1 atom stereocenters. The van der Waals surface area contributed by atoms with Gasteiger partial charge >= 0.3 is 0 Å². The second-order valence-corrected chi connectivity index (χ2v) is 8.70. The highest BCUT2D eigenvalue weighted by Gasteiger charge is 2.04. The minimum Gasteiger partial charge on any atom is -0.393 e. The van der Waals surface area contributed by atoms with Gasteiger partial charge in [-0.1, -0.05) is 101 Å². The van der Waals surface area contributed by atoms with Crippen LogP contribution in [0.4, 0.5) is 11.4 Å². The Morgan fingerprint density at radius 1 is 0.633 bits per heavy atom. The van der Waals surface area contributed by atoms with Gasteiger partial charge in [0.2, 0.25) is 0 Å². The van der Waals surface area contributed by atoms with Crippen molar-refractivity contribution < 1.29 is 5.11 Å². The number of aryl methyl sites for hydroxylation is 1. The fourth-order valence-corrected chi connectivity index (χ4v) is 3.99. The summed E-state index contributed by atoms with van der Waals surface area (Å²) in [5.41, 5.74) is 3.65. The number of unbranched alkanes of at least 4 members (excludes halogenated alkanes) is 9. The van der Waals surface area contributed by atoms with Crippen LogP contribution in [0.2, 0.25) is 0 Å². The van der Waals surface area contributed by atoms with Crippen LogP contribution in [0, 0.1) is 0 Å². The van der Waals surface area contributed by atoms with Gasteiger partial charge in [0, 0.05) is 11.4 Å². The Bertz CT molecular complexity index is 637. The zero-order valence-corrected chi connectivity index (χ0v) is 19.1. The highest BCUT2D eigenvalue weighted by atomic mass is 16.3. The van der Waals surface area contributed by atoms with Gasteiger partial charge in [-0.25, -0.2) is 0 Å². The van der Waals surface area contributed by atoms with Crippen LogP contribution in [-0.4, -0.2) is 11.2 Å². The van der Waals surface area contributed by atoms with Gasteiger partial charge in [0.1, 0.15) is 0 Å². The van der Waals surface area contributed by atoms with Crippen molar-refractivity contribution in [1.82, 2.24) is 0 Å². The first-order chi connectivity index (χ1) is 14.8. The average molecular weight is 410 g/mol. The summed E-state index contributed by atoms with van der Waals surface area (Å²) in [5.74, 6) is 0. The smallest absolute Gasteiger partial charge is 0.0540 e. The zero-order chi connectivity index (χ0) is 21.3. The monoisotopic (exact) mass is 409 g/mol. The summed E-state index contributed by atoms with van der Waals surface area (Å²) in [5, 5.41) is 13.6. The number of aliphatic hydroxyl groups excluding tert-OH is 1. The normalized spacial score (nSPS) is 12.1. The highest BCUT2D eigenvalue weighted by molar-refractivity contribution is 5.59. The SMILES string of the molecule is CCCCCCCCCCC(O)CCCCCc1ccc(Nc2ccccc2)cc1. The summed E-state index contributed by atoms with van der Waals surface area (Å²) >= 11 is 0. The van der Waals surface area contributed by atoms with Crippen LogP contribution < -0.4 is 5.32 Å². The molecule has 0 aliphatic heterocycles. The Kier molecular flexibility index (Phi) is 13.0. The predicted octanol–water partition coefficient (Wildman–Crippen LogP) is 8.42. The summed E-state index contributed by atoms with van der Waals surface area (Å²) in [6.07, 6.45) is 17.2. The molecule has 0 radical (unpaired) electrons. The molecule has 2 heteroatoms. The standard InChI is InChI=1S/C28H43NO/c1-2-3-4-5-6-7-8-14-19-28(30)20-15-9-11-16-25-21-23-27(24-22-25)29-26-17-12-10-13-18-26/h10,12-13,17-18,21-24,28-30H,2-9,11,14-16,19-20H2,1H3. The molecule has 1 unspecified atom stereocenters. The summed E-state index contributed by atoms with van der Waals surface area (Å²) in [7, 11) is 0. The van der Waals surface area contributed by atoms with Crippen molar-refractivity contribution in [2.75, 3.05) is 5.32 Å². The van der Waals surface area contributed by atoms with Gasteiger partial charge in [-0.15, -0.1) is 0 Å². The number of nitrogens with one attached hydrogen (secondary N) is 1. The van der Waals surface area contributed by atoms with E-state index in [2.05, 4.69) is 48.6 Å². The molecule has 2 rings (SSSR count). The van der Waals surface area contributed by atoms with Crippen LogP contribution in [0.25, 0.3) is 0 Å². The second kappa shape index (κ2) is 16.0. The lowest BCUT2D eigenvalue weighted by Gasteiger charge is -2.10. The van der Waals surface area contributed by atoms with E-state index in [1.807, 2.05) is 18.2 Å². The van der Waals surface area contributed by atoms with Crippen molar-refractivity contribution >= 4 is 11.4 Å². The van der Waals surface area contributed by atoms with Crippen molar-refractivity contribution in [3.05, 3.63) is 60.2 Å². The van der Waals surface area contributed by atoms with E-state index >= 15 is 0 Å². The van der Waals surface area contributed by atoms with Crippen LogP contribution in [0.5, 0.6) is 0 Å². The number of hydrogen-bond donors (Lipinski definition) is 2. The second-order valence-electron chi connectivity index (χ2n) is 8.70. The van der Waals surface area contributed by atoms with E-state index in [0.717, 1.165) is 37.1 Å². The molecule has 0 bridgehead atoms. The quantitative estimate of drug-likeness (QED) is 0.257. The lowest BCUT2D eigenvalue weighted by atomic mass is 10.0. The molecule has 2 aromatic carbocycles. The Morgan fingerprint density at radius 2 is 1.17 bits per heavy atom. The lowest BCUT2D eigenvalue weighted by molar-refractivity contribution is 0.147. The molecule has 2 aromatic rings. The molecule has 0 heterocycles. The van der Waals surface area contributed by atoms with Gasteiger partial charge in [0.25, 0.3) is 0 Å². The topological polar surface area (TPSA) is 32.3 Å². The predicted molar refractivity (Wildman–Crippen MR) is 132 cm³/mol. The number of para-hydroxylation sites is 1. The summed E-state index contributed by atoms with van der Waals surface area (Å²) in [6.45, 7) is 2.27. The Balaban J connectivity index is 1.46. The number of anilines is 2. The molecule has 2 N–H and O–H groups in total. The third-order valence-corrected chi connectivity index (χ3v) is 5.91. The van der Waals surface area contributed by atoms with Gasteiger partial charge in [-0.2, -0.15) is 0 Å². The summed E-state index contributed by atoms with van der Waals surface area (Å²) in [4.78, 5) is 0. The molecule has 2 nitrogen and oxygen atoms in total. The Hall–Kier alpha value is -1.80. The number of rotatable bonds is 17. The fourth-order valence-electron chi connectivity index (χ4n) is 3.99. The van der Waals surface area contributed by atoms with Crippen molar-refractivity contribution in [2.45, 2.75) is 103 Å². The third-order valence-electron chi connectivity index (χ3n) is 5.91. The van der Waals surface area contributed by atoms with E-state index in [1.54, 1.807) is 0 Å². The summed E-state index contributed by atoms with van der Waals surface area (Å²) in [6, 6.07) is 19.1. The zero-order valence-electron chi connectivity index (χ0n) is 19.1. The van der Waals surface area contributed by atoms with Crippen molar-refractivity contribution in [1.29, 1.82) is 0 Å². The molecule has 0 saturated carbocycles. The molecule has 0 aliphatic carbocycles. The molecule has 30 heavy (non-hydrogen) atoms. The third kappa shape index (κ3) is 11.4. The van der Waals surface area contributed by atoms with Crippen molar-refractivity contribution in [2.24, 2.45) is 0 Å². The van der Waals surface area contributed by atoms with E-state index in [9.17, 15) is 5.11 Å². The van der Waals surface area contributed by atoms with Crippen molar-refractivity contribution in [3.63, 3.8) is 0 Å². The van der Waals surface area contributed by atoms with E-state index in [4.69, 9.17) is 0 Å². The lowest BCUT2D eigenvalue weighted by Crippen LogP contribution is -2.06. The molecular formula is C28H43NO. The molecular weight excluding hydrogens is 366 g/mol. The maximum Gasteiger partial charge on any atom is 0.0540 e. The van der Waals surface area contributed by atoms with Crippen molar-refractivity contribution in [3.8, 4) is 0 Å². The van der Waals surface area contributed by atoms with Gasteiger partial charge in [0.05, 0.1) is 6.10 Å². The van der Waals surface area contributed by atoms with Crippen LogP contribution in [0.15, 0.2) is 54.6 Å². The molecule has 0 aliphatic rings. The number of aliphatic hydroxyl groups is 1. The van der Waals surface area contributed by atoms with E-state index < -0.39 is 0 Å². The summed E-state index contributed by atoms with van der Waals surface area (Å²) < 4.78 is 0. The maximum atomic E-state index is 10.2. The number of hydrogen-bond acceptors (Lipinski definition) is 2. The molecule has 0 spiro atoms. The van der Waals surface area contributed by atoms with Gasteiger partial charge in [0.15, 0.2) is 0 Å². The molecule has 0 fully saturated rings. The first-order valence-corrected chi connectivity index (χ1v) is 12.4. The first kappa shape index (κ1) is 24.5. The van der Waals surface area contributed by atoms with Crippen LogP contribution in [-0.2, 0) is 6.42 Å². The molecule has 0 saturated heterocycles. The van der Waals surface area contributed by atoms with Gasteiger partial charge in [-0.3, -0.25) is 0 Å². The Morgan fingerprint density at radius 3 is 1.80 bits per heavy atom.